The largest absolute Gasteiger partial charge is 0.373 e. The number of aromatic amines is 1. The van der Waals surface area contributed by atoms with Crippen LogP contribution in [0.5, 0.6) is 0 Å². The number of nitrogens with one attached hydrogen (secondary N) is 2. The van der Waals surface area contributed by atoms with E-state index in [1.54, 1.807) is 18.5 Å². The molecule has 0 aliphatic carbocycles. The average Bonchev–Trinajstić information content (AvgIpc) is 3.00. The summed E-state index contributed by atoms with van der Waals surface area (Å²) in [6, 6.07) is 2.93. The van der Waals surface area contributed by atoms with Gasteiger partial charge in [-0.1, -0.05) is 0 Å². The molecule has 0 spiro atoms. The molecule has 3 rings (SSSR count). The zero-order chi connectivity index (χ0) is 15.4. The Kier molecular flexibility index (Phi) is 4.17. The van der Waals surface area contributed by atoms with Crippen molar-refractivity contribution in [3.8, 4) is 0 Å². The number of hydrogen-bond donors (Lipinski definition) is 2. The number of rotatable bonds is 4. The van der Waals surface area contributed by atoms with E-state index in [0.717, 1.165) is 37.9 Å². The fourth-order valence-corrected chi connectivity index (χ4v) is 2.59. The van der Waals surface area contributed by atoms with Gasteiger partial charge in [0, 0.05) is 32.0 Å². The summed E-state index contributed by atoms with van der Waals surface area (Å²) < 4.78 is 4.78. The van der Waals surface area contributed by atoms with Crippen molar-refractivity contribution in [3.63, 3.8) is 0 Å². The molecule has 1 fully saturated rings. The molecule has 22 heavy (non-hydrogen) atoms. The molecule has 0 aromatic carbocycles. The molecule has 116 valence electrons. The monoisotopic (exact) mass is 303 g/mol. The molecular formula is C14H17N5O3. The molecule has 2 aromatic rings. The topological polar surface area (TPSA) is 104 Å². The van der Waals surface area contributed by atoms with Crippen LogP contribution in [0.15, 0.2) is 33.8 Å². The molecule has 1 aliphatic rings. The number of aromatic nitrogens is 3. The van der Waals surface area contributed by atoms with Gasteiger partial charge < -0.3 is 14.7 Å². The maximum absolute atomic E-state index is 11.9. The molecule has 3 heterocycles. The minimum absolute atomic E-state index is 0.00376. The number of piperidine rings is 1. The van der Waals surface area contributed by atoms with Gasteiger partial charge in [-0.2, -0.15) is 5.16 Å². The van der Waals surface area contributed by atoms with Gasteiger partial charge in [0.05, 0.1) is 6.07 Å². The third-order valence-corrected chi connectivity index (χ3v) is 3.65. The van der Waals surface area contributed by atoms with Crippen LogP contribution in [0.4, 0.5) is 5.95 Å². The van der Waals surface area contributed by atoms with E-state index >= 15 is 0 Å². The summed E-state index contributed by atoms with van der Waals surface area (Å²) >= 11 is 0. The van der Waals surface area contributed by atoms with E-state index in [4.69, 9.17) is 4.52 Å². The molecule has 1 atom stereocenters. The van der Waals surface area contributed by atoms with Gasteiger partial charge in [-0.05, 0) is 24.8 Å². The Balaban J connectivity index is 1.54. The number of carbonyl (C=O) groups excluding carboxylic acids is 1. The van der Waals surface area contributed by atoms with E-state index in [-0.39, 0.29) is 11.7 Å². The second-order valence-electron chi connectivity index (χ2n) is 5.29. The Labute approximate surface area is 126 Å². The Hall–Kier alpha value is -2.64. The fourth-order valence-electron chi connectivity index (χ4n) is 2.59. The third-order valence-electron chi connectivity index (χ3n) is 3.65. The maximum Gasteiger partial charge on any atom is 0.289 e. The van der Waals surface area contributed by atoms with Crippen molar-refractivity contribution < 1.29 is 9.32 Å². The van der Waals surface area contributed by atoms with Gasteiger partial charge >= 0.3 is 0 Å². The van der Waals surface area contributed by atoms with E-state index in [9.17, 15) is 9.59 Å². The quantitative estimate of drug-likeness (QED) is 0.847. The van der Waals surface area contributed by atoms with Crippen LogP contribution in [0, 0.1) is 5.92 Å². The summed E-state index contributed by atoms with van der Waals surface area (Å²) in [5.74, 6) is 0.651. The molecule has 1 amide bonds. The highest BCUT2D eigenvalue weighted by Crippen LogP contribution is 2.19. The Morgan fingerprint density at radius 3 is 3.00 bits per heavy atom. The molecule has 1 unspecified atom stereocenters. The van der Waals surface area contributed by atoms with E-state index in [2.05, 4.69) is 25.3 Å². The molecule has 0 bridgehead atoms. The molecule has 8 heteroatoms. The van der Waals surface area contributed by atoms with Crippen LogP contribution in [-0.2, 0) is 0 Å². The van der Waals surface area contributed by atoms with Crippen molar-refractivity contribution >= 4 is 11.9 Å². The van der Waals surface area contributed by atoms with Gasteiger partial charge in [-0.3, -0.25) is 9.59 Å². The van der Waals surface area contributed by atoms with Crippen molar-refractivity contribution in [2.45, 2.75) is 12.8 Å². The zero-order valence-electron chi connectivity index (χ0n) is 12.0. The zero-order valence-corrected chi connectivity index (χ0v) is 12.0. The lowest BCUT2D eigenvalue weighted by Crippen LogP contribution is -2.41. The highest BCUT2D eigenvalue weighted by Gasteiger charge is 2.22. The summed E-state index contributed by atoms with van der Waals surface area (Å²) in [5.41, 5.74) is -0.421. The SMILES string of the molecule is O=C(NCC1CCCN(c2ncccn2)C1)c1cc(=O)[nH]o1. The lowest BCUT2D eigenvalue weighted by Gasteiger charge is -2.32. The average molecular weight is 303 g/mol. The minimum atomic E-state index is -0.421. The second kappa shape index (κ2) is 6.42. The van der Waals surface area contributed by atoms with Crippen LogP contribution in [0.3, 0.4) is 0 Å². The normalized spacial score (nSPS) is 18.2. The van der Waals surface area contributed by atoms with Crippen LogP contribution in [-0.4, -0.2) is 40.7 Å². The van der Waals surface area contributed by atoms with E-state index in [1.807, 2.05) is 0 Å². The fraction of sp³-hybridized carbons (Fsp3) is 0.429. The Morgan fingerprint density at radius 2 is 2.27 bits per heavy atom. The first-order valence-electron chi connectivity index (χ1n) is 7.21. The first-order valence-corrected chi connectivity index (χ1v) is 7.21. The molecular weight excluding hydrogens is 286 g/mol. The molecule has 2 aromatic heterocycles. The van der Waals surface area contributed by atoms with Crippen molar-refractivity contribution in [2.24, 2.45) is 5.92 Å². The highest BCUT2D eigenvalue weighted by molar-refractivity contribution is 5.91. The second-order valence-corrected chi connectivity index (χ2v) is 5.29. The summed E-state index contributed by atoms with van der Waals surface area (Å²) in [7, 11) is 0. The molecule has 1 aliphatic heterocycles. The molecule has 8 nitrogen and oxygen atoms in total. The molecule has 0 saturated carbocycles. The van der Waals surface area contributed by atoms with E-state index in [1.165, 1.54) is 0 Å². The van der Waals surface area contributed by atoms with Gasteiger partial charge in [0.25, 0.3) is 11.5 Å². The number of anilines is 1. The maximum atomic E-state index is 11.9. The lowest BCUT2D eigenvalue weighted by molar-refractivity contribution is 0.0908. The van der Waals surface area contributed by atoms with Gasteiger partial charge in [0.2, 0.25) is 11.7 Å². The van der Waals surface area contributed by atoms with Crippen molar-refractivity contribution in [1.82, 2.24) is 20.4 Å². The first kappa shape index (κ1) is 14.3. The Morgan fingerprint density at radius 1 is 1.45 bits per heavy atom. The van der Waals surface area contributed by atoms with Crippen LogP contribution in [0.25, 0.3) is 0 Å². The van der Waals surface area contributed by atoms with Crippen LogP contribution < -0.4 is 15.8 Å². The van der Waals surface area contributed by atoms with Gasteiger partial charge in [0.15, 0.2) is 0 Å². The van der Waals surface area contributed by atoms with E-state index < -0.39 is 5.56 Å². The number of amides is 1. The first-order chi connectivity index (χ1) is 10.7. The summed E-state index contributed by atoms with van der Waals surface area (Å²) in [4.78, 5) is 33.4. The van der Waals surface area contributed by atoms with Gasteiger partial charge in [-0.25, -0.2) is 9.97 Å². The molecule has 0 radical (unpaired) electrons. The number of H-pyrrole nitrogens is 1. The van der Waals surface area contributed by atoms with Gasteiger partial charge in [-0.15, -0.1) is 0 Å². The summed E-state index contributed by atoms with van der Waals surface area (Å²) in [5, 5.41) is 4.89. The third kappa shape index (κ3) is 3.33. The molecule has 2 N–H and O–H groups in total. The van der Waals surface area contributed by atoms with Crippen LogP contribution in [0.2, 0.25) is 0 Å². The van der Waals surface area contributed by atoms with E-state index in [0.29, 0.717) is 12.5 Å². The predicted molar refractivity (Wildman–Crippen MR) is 78.6 cm³/mol. The van der Waals surface area contributed by atoms with Crippen molar-refractivity contribution in [3.05, 3.63) is 40.6 Å². The minimum Gasteiger partial charge on any atom is -0.373 e. The lowest BCUT2D eigenvalue weighted by atomic mass is 9.98. The highest BCUT2D eigenvalue weighted by atomic mass is 16.5. The van der Waals surface area contributed by atoms with Crippen LogP contribution >= 0.6 is 0 Å². The standard InChI is InChI=1S/C14H17N5O3/c20-12-7-11(22-18-12)13(21)17-8-10-3-1-6-19(9-10)14-15-4-2-5-16-14/h2,4-5,7,10H,1,3,6,8-9H2,(H,17,21)(H,18,20). The summed E-state index contributed by atoms with van der Waals surface area (Å²) in [6.45, 7) is 2.24. The van der Waals surface area contributed by atoms with Crippen molar-refractivity contribution in [1.29, 1.82) is 0 Å². The van der Waals surface area contributed by atoms with Crippen LogP contribution in [0.1, 0.15) is 23.4 Å². The number of hydrogen-bond acceptors (Lipinski definition) is 6. The number of carbonyl (C=O) groups is 1. The molecule has 1 saturated heterocycles. The Bertz CT molecular complexity index is 681. The predicted octanol–water partition coefficient (Wildman–Crippen LogP) is 0.404. The summed E-state index contributed by atoms with van der Waals surface area (Å²) in [6.07, 6.45) is 5.50. The van der Waals surface area contributed by atoms with Crippen molar-refractivity contribution in [2.75, 3.05) is 24.5 Å². The number of nitrogens with zero attached hydrogens (tertiary/aromatic N) is 3. The van der Waals surface area contributed by atoms with Gasteiger partial charge in [0.1, 0.15) is 0 Å². The smallest absolute Gasteiger partial charge is 0.289 e.